The quantitative estimate of drug-likeness (QED) is 0.780. The minimum absolute atomic E-state index is 0.588. The second-order valence-electron chi connectivity index (χ2n) is 5.89. The van der Waals surface area contributed by atoms with Crippen molar-refractivity contribution in [1.29, 1.82) is 0 Å². The summed E-state index contributed by atoms with van der Waals surface area (Å²) < 4.78 is 27.6. The van der Waals surface area contributed by atoms with Gasteiger partial charge in [-0.2, -0.15) is 0 Å². The maximum absolute atomic E-state index is 5.64. The molecule has 0 aromatic rings. The molecule has 0 saturated heterocycles. The van der Waals surface area contributed by atoms with Crippen LogP contribution in [0.1, 0.15) is 12.8 Å². The van der Waals surface area contributed by atoms with E-state index in [1.165, 1.54) is 6.42 Å². The molecule has 0 bridgehead atoms. The summed E-state index contributed by atoms with van der Waals surface area (Å²) in [5, 5.41) is 3.22. The van der Waals surface area contributed by atoms with Crippen molar-refractivity contribution in [1.82, 2.24) is 5.32 Å². The van der Waals surface area contributed by atoms with Crippen LogP contribution in [0.2, 0.25) is 0 Å². The van der Waals surface area contributed by atoms with Gasteiger partial charge in [0.05, 0.1) is 59.5 Å². The molecule has 1 N–H and O–H groups in total. The van der Waals surface area contributed by atoms with Crippen LogP contribution in [-0.4, -0.2) is 73.1 Å². The molecule has 0 spiro atoms. The van der Waals surface area contributed by atoms with E-state index < -0.39 is 0 Å². The minimum atomic E-state index is 0.588. The van der Waals surface area contributed by atoms with Gasteiger partial charge >= 0.3 is 0 Å². The third-order valence-electron chi connectivity index (χ3n) is 4.09. The second-order valence-corrected chi connectivity index (χ2v) is 5.89. The molecule has 2 unspecified atom stereocenters. The van der Waals surface area contributed by atoms with Gasteiger partial charge in [0.25, 0.3) is 0 Å². The largest absolute Gasteiger partial charge is 0.390 e. The fourth-order valence-electron chi connectivity index (χ4n) is 2.57. The fraction of sp³-hybridized carbons (Fsp3) is 0.882. The van der Waals surface area contributed by atoms with E-state index in [9.17, 15) is 0 Å². The molecular formula is C17H31NO5. The van der Waals surface area contributed by atoms with E-state index in [4.69, 9.17) is 23.7 Å². The predicted octanol–water partition coefficient (Wildman–Crippen LogP) is 1.21. The number of likely N-dealkylation sites (N-methyl/N-ethyl adjacent to an activating group) is 1. The van der Waals surface area contributed by atoms with Crippen molar-refractivity contribution >= 4 is 0 Å². The fourth-order valence-corrected chi connectivity index (χ4v) is 2.57. The van der Waals surface area contributed by atoms with E-state index in [1.54, 1.807) is 0 Å². The lowest BCUT2D eigenvalue weighted by atomic mass is 10.2. The van der Waals surface area contributed by atoms with Crippen LogP contribution in [0.4, 0.5) is 0 Å². The summed E-state index contributed by atoms with van der Waals surface area (Å²) in [6.45, 7) is 6.31. The maximum Gasteiger partial charge on any atom is 0.0860 e. The first-order valence-electron chi connectivity index (χ1n) is 8.67. The van der Waals surface area contributed by atoms with Gasteiger partial charge in [-0.25, -0.2) is 0 Å². The summed E-state index contributed by atoms with van der Waals surface area (Å²) in [5.74, 6) is 1.42. The Kier molecular flexibility index (Phi) is 9.59. The topological polar surface area (TPSA) is 58.2 Å². The molecule has 1 fully saturated rings. The molecule has 0 amide bonds. The molecule has 1 heterocycles. The summed E-state index contributed by atoms with van der Waals surface area (Å²) in [6.07, 6.45) is 4.68. The predicted molar refractivity (Wildman–Crippen MR) is 87.5 cm³/mol. The Morgan fingerprint density at radius 2 is 1.30 bits per heavy atom. The van der Waals surface area contributed by atoms with Gasteiger partial charge in [-0.05, 0) is 24.7 Å². The Bertz CT molecular complexity index is 337. The molecule has 23 heavy (non-hydrogen) atoms. The van der Waals surface area contributed by atoms with E-state index in [2.05, 4.69) is 11.4 Å². The summed E-state index contributed by atoms with van der Waals surface area (Å²) in [4.78, 5) is 0. The number of rotatable bonds is 1. The number of hydrogen-bond donors (Lipinski definition) is 1. The van der Waals surface area contributed by atoms with Crippen molar-refractivity contribution < 1.29 is 23.7 Å². The van der Waals surface area contributed by atoms with Gasteiger partial charge in [0.1, 0.15) is 0 Å². The van der Waals surface area contributed by atoms with Crippen LogP contribution >= 0.6 is 0 Å². The molecular weight excluding hydrogens is 298 g/mol. The monoisotopic (exact) mass is 329 g/mol. The van der Waals surface area contributed by atoms with Crippen LogP contribution in [0, 0.1) is 11.8 Å². The van der Waals surface area contributed by atoms with Gasteiger partial charge in [0.2, 0.25) is 0 Å². The Morgan fingerprint density at radius 1 is 0.783 bits per heavy atom. The molecule has 2 atom stereocenters. The van der Waals surface area contributed by atoms with Gasteiger partial charge in [0.15, 0.2) is 0 Å². The van der Waals surface area contributed by atoms with E-state index >= 15 is 0 Å². The minimum Gasteiger partial charge on any atom is -0.390 e. The van der Waals surface area contributed by atoms with Crippen molar-refractivity contribution in [2.45, 2.75) is 12.8 Å². The Balaban J connectivity index is 1.68. The average molecular weight is 329 g/mol. The highest BCUT2D eigenvalue weighted by molar-refractivity contribution is 5.09. The Morgan fingerprint density at radius 3 is 1.87 bits per heavy atom. The molecule has 6 nitrogen and oxygen atoms in total. The summed E-state index contributed by atoms with van der Waals surface area (Å²) in [7, 11) is 1.95. The third-order valence-corrected chi connectivity index (χ3v) is 4.09. The van der Waals surface area contributed by atoms with Crippen LogP contribution in [0.5, 0.6) is 0 Å². The lowest BCUT2D eigenvalue weighted by molar-refractivity contribution is -0.0103. The van der Waals surface area contributed by atoms with Gasteiger partial charge < -0.3 is 29.0 Å². The highest BCUT2D eigenvalue weighted by atomic mass is 16.6. The molecule has 0 aromatic carbocycles. The zero-order valence-corrected chi connectivity index (χ0v) is 14.3. The smallest absolute Gasteiger partial charge is 0.0860 e. The normalized spacial score (nSPS) is 32.1. The number of allylic oxidation sites excluding steroid dienone is 1. The number of hydrogen-bond acceptors (Lipinski definition) is 6. The van der Waals surface area contributed by atoms with Crippen LogP contribution in [0.15, 0.2) is 11.8 Å². The lowest BCUT2D eigenvalue weighted by Gasteiger charge is -2.10. The first kappa shape index (κ1) is 18.7. The number of nitrogens with one attached hydrogen (secondary N) is 1. The summed E-state index contributed by atoms with van der Waals surface area (Å²) in [5.41, 5.74) is 1.16. The molecule has 0 aromatic heterocycles. The van der Waals surface area contributed by atoms with Crippen molar-refractivity contribution in [2.75, 3.05) is 73.1 Å². The van der Waals surface area contributed by atoms with Gasteiger partial charge in [-0.15, -0.1) is 0 Å². The van der Waals surface area contributed by atoms with Crippen molar-refractivity contribution in [3.8, 4) is 0 Å². The molecule has 2 rings (SSSR count). The first-order chi connectivity index (χ1) is 11.4. The number of ether oxygens (including phenoxy) is 5. The summed E-state index contributed by atoms with van der Waals surface area (Å²) >= 11 is 0. The SMILES string of the molecule is CN/C1=C\C2CC2CCOCCOCCOCCOCCOC1. The zero-order valence-electron chi connectivity index (χ0n) is 14.3. The lowest BCUT2D eigenvalue weighted by Crippen LogP contribution is -2.16. The molecule has 0 radical (unpaired) electrons. The molecule has 1 saturated carbocycles. The van der Waals surface area contributed by atoms with E-state index in [0.29, 0.717) is 65.4 Å². The van der Waals surface area contributed by atoms with Gasteiger partial charge in [0, 0.05) is 19.4 Å². The highest BCUT2D eigenvalue weighted by Crippen LogP contribution is 2.42. The zero-order chi connectivity index (χ0) is 16.2. The first-order valence-corrected chi connectivity index (χ1v) is 8.67. The standard InChI is InChI=1S/C17H31NO5/c1-18-17-13-16-12-15(16)2-3-19-4-5-20-6-7-21-8-9-22-10-11-23-14-17/h13,15-16,18H,2-12,14H2,1H3/b17-13-. The average Bonchev–Trinajstić information content (AvgIpc) is 3.30. The van der Waals surface area contributed by atoms with E-state index in [1.807, 2.05) is 7.05 Å². The molecule has 2 aliphatic rings. The van der Waals surface area contributed by atoms with E-state index in [-0.39, 0.29) is 0 Å². The van der Waals surface area contributed by atoms with Crippen LogP contribution < -0.4 is 5.32 Å². The van der Waals surface area contributed by atoms with Crippen LogP contribution in [-0.2, 0) is 23.7 Å². The molecule has 1 aliphatic heterocycles. The van der Waals surface area contributed by atoms with Crippen LogP contribution in [0.25, 0.3) is 0 Å². The maximum atomic E-state index is 5.64. The number of fused-ring (bicyclic) bond motifs is 1. The van der Waals surface area contributed by atoms with Gasteiger partial charge in [-0.1, -0.05) is 6.08 Å². The van der Waals surface area contributed by atoms with Crippen LogP contribution in [0.3, 0.4) is 0 Å². The molecule has 6 heteroatoms. The van der Waals surface area contributed by atoms with E-state index in [0.717, 1.165) is 24.6 Å². The molecule has 1 aliphatic carbocycles. The molecule has 134 valence electrons. The Labute approximate surface area is 139 Å². The Hall–Kier alpha value is -0.660. The van der Waals surface area contributed by atoms with Gasteiger partial charge in [-0.3, -0.25) is 0 Å². The van der Waals surface area contributed by atoms with Crippen molar-refractivity contribution in [3.63, 3.8) is 0 Å². The summed E-state index contributed by atoms with van der Waals surface area (Å²) in [6, 6.07) is 0. The van der Waals surface area contributed by atoms with Crippen molar-refractivity contribution in [3.05, 3.63) is 11.8 Å². The highest BCUT2D eigenvalue weighted by Gasteiger charge is 2.34. The second kappa shape index (κ2) is 11.8. The third kappa shape index (κ3) is 8.67. The van der Waals surface area contributed by atoms with Crippen molar-refractivity contribution in [2.24, 2.45) is 11.8 Å².